The molecule has 1 saturated heterocycles. The van der Waals surface area contributed by atoms with Gasteiger partial charge in [0.2, 0.25) is 0 Å². The second-order valence-corrected chi connectivity index (χ2v) is 3.62. The lowest BCUT2D eigenvalue weighted by atomic mass is 10.3. The Balaban J connectivity index is 0. The van der Waals surface area contributed by atoms with Gasteiger partial charge in [-0.25, -0.2) is 9.59 Å². The Morgan fingerprint density at radius 1 is 1.29 bits per heavy atom. The lowest BCUT2D eigenvalue weighted by Crippen LogP contribution is -2.18. The molecule has 1 aliphatic heterocycles. The van der Waals surface area contributed by atoms with Gasteiger partial charge in [-0.15, -0.1) is 13.2 Å². The van der Waals surface area contributed by atoms with E-state index in [1.807, 2.05) is 13.0 Å². The van der Waals surface area contributed by atoms with E-state index in [-0.39, 0.29) is 24.1 Å². The van der Waals surface area contributed by atoms with Gasteiger partial charge >= 0.3 is 11.9 Å². The maximum absolute atomic E-state index is 10.6. The standard InChI is InChI=1S/C7H10O3.C7H10O2.C2H4/c1-3-7(8)10-5(2)6-4-9-6;1-3-5-6-9-7(8)4-2;1-2/h3,5-6H,1,4H2,2H3;3-5H,2,6H2,1H3;1-2H2. The molecule has 0 saturated carbocycles. The lowest BCUT2D eigenvalue weighted by Gasteiger charge is -2.06. The second-order valence-electron chi connectivity index (χ2n) is 3.62. The van der Waals surface area contributed by atoms with Crippen LogP contribution in [-0.4, -0.2) is 37.4 Å². The molecule has 118 valence electrons. The Bertz CT molecular complexity index is 356. The summed E-state index contributed by atoms with van der Waals surface area (Å²) in [5, 5.41) is 0. The minimum Gasteiger partial charge on any atom is -0.458 e. The summed E-state index contributed by atoms with van der Waals surface area (Å²) < 4.78 is 14.3. The number of esters is 2. The number of allylic oxidation sites excluding steroid dienone is 1. The number of carbonyl (C=O) groups is 2. The van der Waals surface area contributed by atoms with Gasteiger partial charge in [-0.3, -0.25) is 0 Å². The molecule has 0 amide bonds. The number of carbonyl (C=O) groups excluding carboxylic acids is 2. The predicted octanol–water partition coefficient (Wildman–Crippen LogP) is 2.60. The molecule has 21 heavy (non-hydrogen) atoms. The Labute approximate surface area is 126 Å². The lowest BCUT2D eigenvalue weighted by molar-refractivity contribution is -0.143. The molecule has 1 rings (SSSR count). The quantitative estimate of drug-likeness (QED) is 0.326. The van der Waals surface area contributed by atoms with Gasteiger partial charge < -0.3 is 14.2 Å². The number of hydrogen-bond acceptors (Lipinski definition) is 5. The zero-order valence-electron chi connectivity index (χ0n) is 12.7. The van der Waals surface area contributed by atoms with Crippen molar-refractivity contribution >= 4 is 11.9 Å². The van der Waals surface area contributed by atoms with Crippen molar-refractivity contribution in [3.63, 3.8) is 0 Å². The second kappa shape index (κ2) is 14.3. The molecule has 0 radical (unpaired) electrons. The third-order valence-electron chi connectivity index (χ3n) is 2.08. The van der Waals surface area contributed by atoms with Crippen molar-refractivity contribution in [1.82, 2.24) is 0 Å². The highest BCUT2D eigenvalue weighted by Gasteiger charge is 2.31. The maximum Gasteiger partial charge on any atom is 0.330 e. The monoisotopic (exact) mass is 296 g/mol. The van der Waals surface area contributed by atoms with Crippen LogP contribution in [0, 0.1) is 0 Å². The van der Waals surface area contributed by atoms with Crippen LogP contribution in [0.2, 0.25) is 0 Å². The Morgan fingerprint density at radius 3 is 2.19 bits per heavy atom. The van der Waals surface area contributed by atoms with Gasteiger partial charge in [0.15, 0.2) is 0 Å². The Morgan fingerprint density at radius 2 is 1.81 bits per heavy atom. The SMILES string of the molecule is C=C.C=CC(=O)OC(C)C1CO1.C=CC(=O)OCC=CC. The van der Waals surface area contributed by atoms with Crippen LogP contribution in [-0.2, 0) is 23.8 Å². The summed E-state index contributed by atoms with van der Waals surface area (Å²) in [6, 6.07) is 0. The van der Waals surface area contributed by atoms with E-state index in [0.717, 1.165) is 12.2 Å². The maximum atomic E-state index is 10.6. The van der Waals surface area contributed by atoms with Gasteiger partial charge in [-0.05, 0) is 13.8 Å². The van der Waals surface area contributed by atoms with Crippen LogP contribution in [0.25, 0.3) is 0 Å². The van der Waals surface area contributed by atoms with Crippen molar-refractivity contribution < 1.29 is 23.8 Å². The van der Waals surface area contributed by atoms with Crippen molar-refractivity contribution in [3.8, 4) is 0 Å². The van der Waals surface area contributed by atoms with Crippen LogP contribution in [0.1, 0.15) is 13.8 Å². The third-order valence-corrected chi connectivity index (χ3v) is 2.08. The Kier molecular flexibility index (Phi) is 14.4. The predicted molar refractivity (Wildman–Crippen MR) is 82.7 cm³/mol. The average Bonchev–Trinajstić information content (AvgIpc) is 3.34. The summed E-state index contributed by atoms with van der Waals surface area (Å²) in [5.41, 5.74) is 0. The smallest absolute Gasteiger partial charge is 0.330 e. The molecule has 2 unspecified atom stereocenters. The fourth-order valence-electron chi connectivity index (χ4n) is 0.919. The van der Waals surface area contributed by atoms with E-state index in [1.54, 1.807) is 13.0 Å². The molecular formula is C16H24O5. The summed E-state index contributed by atoms with van der Waals surface area (Å²) in [5.74, 6) is -0.767. The first kappa shape index (κ1) is 21.2. The minimum absolute atomic E-state index is 0.115. The molecule has 2 atom stereocenters. The minimum atomic E-state index is -0.386. The van der Waals surface area contributed by atoms with Gasteiger partial charge in [0.1, 0.15) is 18.8 Å². The zero-order chi connectivity index (χ0) is 16.7. The van der Waals surface area contributed by atoms with Gasteiger partial charge in [-0.2, -0.15) is 0 Å². The summed E-state index contributed by atoms with van der Waals surface area (Å²) in [4.78, 5) is 20.9. The topological polar surface area (TPSA) is 65.1 Å². The van der Waals surface area contributed by atoms with Crippen LogP contribution in [0.15, 0.2) is 50.6 Å². The third kappa shape index (κ3) is 14.1. The Hall–Kier alpha value is -2.14. The number of rotatable bonds is 6. The van der Waals surface area contributed by atoms with Crippen LogP contribution >= 0.6 is 0 Å². The van der Waals surface area contributed by atoms with Gasteiger partial charge in [0.25, 0.3) is 0 Å². The molecule has 0 aliphatic carbocycles. The first-order chi connectivity index (χ1) is 10.0. The van der Waals surface area contributed by atoms with Crippen molar-refractivity contribution in [2.75, 3.05) is 13.2 Å². The molecule has 1 fully saturated rings. The number of ether oxygens (including phenoxy) is 3. The van der Waals surface area contributed by atoms with Gasteiger partial charge in [-0.1, -0.05) is 25.3 Å². The summed E-state index contributed by atoms with van der Waals surface area (Å²) >= 11 is 0. The first-order valence-corrected chi connectivity index (χ1v) is 6.40. The van der Waals surface area contributed by atoms with E-state index < -0.39 is 0 Å². The van der Waals surface area contributed by atoms with Crippen molar-refractivity contribution in [2.45, 2.75) is 26.1 Å². The highest BCUT2D eigenvalue weighted by atomic mass is 16.6. The molecule has 0 spiro atoms. The molecule has 0 aromatic rings. The fraction of sp³-hybridized carbons (Fsp3) is 0.375. The van der Waals surface area contributed by atoms with E-state index in [1.165, 1.54) is 0 Å². The van der Waals surface area contributed by atoms with Crippen molar-refractivity contribution in [2.24, 2.45) is 0 Å². The van der Waals surface area contributed by atoms with E-state index in [2.05, 4.69) is 31.1 Å². The van der Waals surface area contributed by atoms with Crippen molar-refractivity contribution in [1.29, 1.82) is 0 Å². The molecule has 0 aromatic carbocycles. The molecule has 1 heterocycles. The highest BCUT2D eigenvalue weighted by molar-refractivity contribution is 5.81. The molecule has 5 heteroatoms. The van der Waals surface area contributed by atoms with Crippen LogP contribution in [0.3, 0.4) is 0 Å². The van der Waals surface area contributed by atoms with Crippen molar-refractivity contribution in [3.05, 3.63) is 50.6 Å². The summed E-state index contributed by atoms with van der Waals surface area (Å²) in [6.45, 7) is 17.2. The zero-order valence-corrected chi connectivity index (χ0v) is 12.7. The molecule has 0 bridgehead atoms. The average molecular weight is 296 g/mol. The van der Waals surface area contributed by atoms with E-state index in [0.29, 0.717) is 13.2 Å². The molecule has 1 aliphatic rings. The first-order valence-electron chi connectivity index (χ1n) is 6.40. The van der Waals surface area contributed by atoms with Crippen LogP contribution in [0.4, 0.5) is 0 Å². The largest absolute Gasteiger partial charge is 0.458 e. The molecule has 5 nitrogen and oxygen atoms in total. The summed E-state index contributed by atoms with van der Waals surface area (Å²) in [6.07, 6.45) is 5.84. The van der Waals surface area contributed by atoms with Gasteiger partial charge in [0.05, 0.1) is 6.61 Å². The van der Waals surface area contributed by atoms with Crippen LogP contribution < -0.4 is 0 Å². The number of epoxide rings is 1. The highest BCUT2D eigenvalue weighted by Crippen LogP contribution is 2.16. The summed E-state index contributed by atoms with van der Waals surface area (Å²) in [7, 11) is 0. The van der Waals surface area contributed by atoms with E-state index in [4.69, 9.17) is 9.47 Å². The molecule has 0 aromatic heterocycles. The number of hydrogen-bond donors (Lipinski definition) is 0. The van der Waals surface area contributed by atoms with E-state index >= 15 is 0 Å². The molecule has 0 N–H and O–H groups in total. The fourth-order valence-corrected chi connectivity index (χ4v) is 0.919. The van der Waals surface area contributed by atoms with Crippen LogP contribution in [0.5, 0.6) is 0 Å². The molecular weight excluding hydrogens is 272 g/mol. The van der Waals surface area contributed by atoms with Gasteiger partial charge in [0, 0.05) is 12.2 Å². The normalized spacial score (nSPS) is 16.2. The van der Waals surface area contributed by atoms with E-state index in [9.17, 15) is 9.59 Å².